The van der Waals surface area contributed by atoms with E-state index in [-0.39, 0.29) is 18.0 Å². The van der Waals surface area contributed by atoms with E-state index in [9.17, 15) is 4.79 Å². The Bertz CT molecular complexity index is 1130. The highest BCUT2D eigenvalue weighted by Crippen LogP contribution is 2.25. The first-order valence-electron chi connectivity index (χ1n) is 10.1. The van der Waals surface area contributed by atoms with Crippen LogP contribution in [0.2, 0.25) is 5.02 Å². The van der Waals surface area contributed by atoms with Crippen LogP contribution in [-0.2, 0) is 4.79 Å². The molecule has 8 heteroatoms. The van der Waals surface area contributed by atoms with Gasteiger partial charge in [-0.1, -0.05) is 29.8 Å². The topological polar surface area (TPSA) is 64.2 Å². The van der Waals surface area contributed by atoms with E-state index in [1.165, 1.54) is 0 Å². The summed E-state index contributed by atoms with van der Waals surface area (Å²) >= 11 is 7.81. The number of fused-ring (bicyclic) bond motifs is 1. The average molecular weight is 454 g/mol. The van der Waals surface area contributed by atoms with E-state index in [0.717, 1.165) is 29.2 Å². The lowest BCUT2D eigenvalue weighted by Gasteiger charge is -2.22. The van der Waals surface area contributed by atoms with Gasteiger partial charge in [0.1, 0.15) is 0 Å². The number of halogens is 1. The lowest BCUT2D eigenvalue weighted by atomic mass is 10.0. The van der Waals surface area contributed by atoms with E-state index in [0.29, 0.717) is 11.4 Å². The molecule has 4 rings (SSSR count). The number of pyridine rings is 1. The second-order valence-electron chi connectivity index (χ2n) is 7.29. The predicted molar refractivity (Wildman–Crippen MR) is 126 cm³/mol. The number of carbonyl (C=O) groups excluding carboxylic acids is 1. The van der Waals surface area contributed by atoms with Crippen LogP contribution in [0.5, 0.6) is 0 Å². The summed E-state index contributed by atoms with van der Waals surface area (Å²) < 4.78 is 3.99. The maximum atomic E-state index is 13.2. The van der Waals surface area contributed by atoms with E-state index in [2.05, 4.69) is 21.8 Å². The monoisotopic (exact) mass is 453 g/mol. The summed E-state index contributed by atoms with van der Waals surface area (Å²) in [7, 11) is 0. The van der Waals surface area contributed by atoms with Crippen molar-refractivity contribution in [3.8, 4) is 0 Å². The van der Waals surface area contributed by atoms with Crippen LogP contribution in [0, 0.1) is 0 Å². The SMILES string of the molecule is CSCC[C@H](NC(=O)C[C@H](c1ccc(Cl)cc1)n1cccc1)c1nnc2ccccn12. The molecule has 0 saturated carbocycles. The van der Waals surface area contributed by atoms with Gasteiger partial charge in [0.05, 0.1) is 18.5 Å². The van der Waals surface area contributed by atoms with Crippen molar-refractivity contribution in [2.75, 3.05) is 12.0 Å². The van der Waals surface area contributed by atoms with Gasteiger partial charge in [0.25, 0.3) is 0 Å². The predicted octanol–water partition coefficient (Wildman–Crippen LogP) is 4.77. The fraction of sp³-hybridized carbons (Fsp3) is 0.261. The van der Waals surface area contributed by atoms with Gasteiger partial charge in [-0.15, -0.1) is 10.2 Å². The third-order valence-electron chi connectivity index (χ3n) is 5.22. The molecule has 2 atom stereocenters. The maximum Gasteiger partial charge on any atom is 0.223 e. The number of thioether (sulfide) groups is 1. The van der Waals surface area contributed by atoms with Crippen molar-refractivity contribution in [3.05, 3.63) is 89.6 Å². The molecule has 6 nitrogen and oxygen atoms in total. The van der Waals surface area contributed by atoms with Gasteiger partial charge in [-0.25, -0.2) is 0 Å². The normalized spacial score (nSPS) is 13.2. The fourth-order valence-corrected chi connectivity index (χ4v) is 4.26. The first-order chi connectivity index (χ1) is 15.2. The molecule has 31 heavy (non-hydrogen) atoms. The lowest BCUT2D eigenvalue weighted by Crippen LogP contribution is -2.32. The Balaban J connectivity index is 1.56. The Hall–Kier alpha value is -2.77. The number of hydrogen-bond donors (Lipinski definition) is 1. The van der Waals surface area contributed by atoms with E-state index in [1.807, 2.05) is 82.2 Å². The van der Waals surface area contributed by atoms with Gasteiger partial charge < -0.3 is 9.88 Å². The van der Waals surface area contributed by atoms with Crippen molar-refractivity contribution in [2.45, 2.75) is 24.9 Å². The minimum Gasteiger partial charge on any atom is -0.346 e. The molecule has 3 aromatic heterocycles. The highest BCUT2D eigenvalue weighted by molar-refractivity contribution is 7.98. The zero-order valence-electron chi connectivity index (χ0n) is 17.2. The van der Waals surface area contributed by atoms with Gasteiger partial charge >= 0.3 is 0 Å². The molecule has 1 amide bonds. The molecule has 0 fully saturated rings. The van der Waals surface area contributed by atoms with Crippen molar-refractivity contribution >= 4 is 34.9 Å². The number of hydrogen-bond acceptors (Lipinski definition) is 4. The first kappa shape index (κ1) is 21.5. The van der Waals surface area contributed by atoms with Crippen LogP contribution in [0.25, 0.3) is 5.65 Å². The Kier molecular flexibility index (Phi) is 6.94. The van der Waals surface area contributed by atoms with Crippen molar-refractivity contribution in [3.63, 3.8) is 0 Å². The van der Waals surface area contributed by atoms with E-state index in [1.54, 1.807) is 11.8 Å². The third kappa shape index (κ3) is 5.11. The highest BCUT2D eigenvalue weighted by Gasteiger charge is 2.23. The van der Waals surface area contributed by atoms with Gasteiger partial charge in [-0.05, 0) is 60.4 Å². The molecule has 0 unspecified atom stereocenters. The van der Waals surface area contributed by atoms with Gasteiger partial charge in [0.2, 0.25) is 5.91 Å². The summed E-state index contributed by atoms with van der Waals surface area (Å²) in [5.41, 5.74) is 1.80. The number of nitrogens with zero attached hydrogens (tertiary/aromatic N) is 4. The fourth-order valence-electron chi connectivity index (χ4n) is 3.66. The number of aromatic nitrogens is 4. The molecule has 0 aliphatic rings. The second kappa shape index (κ2) is 10.0. The average Bonchev–Trinajstić information content (AvgIpc) is 3.46. The van der Waals surface area contributed by atoms with E-state index >= 15 is 0 Å². The summed E-state index contributed by atoms with van der Waals surface area (Å²) in [6.07, 6.45) is 9.02. The molecule has 0 bridgehead atoms. The number of nitrogens with one attached hydrogen (secondary N) is 1. The summed E-state index contributed by atoms with van der Waals surface area (Å²) in [5, 5.41) is 12.5. The van der Waals surface area contributed by atoms with Crippen LogP contribution in [0.3, 0.4) is 0 Å². The zero-order valence-corrected chi connectivity index (χ0v) is 18.8. The standard InChI is InChI=1S/C23H24ClN5OS/c1-31-15-11-19(23-27-26-21-6-2-3-14-29(21)23)25-22(30)16-20(28-12-4-5-13-28)17-7-9-18(24)10-8-17/h2-10,12-14,19-20H,11,15-16H2,1H3,(H,25,30)/t19-,20+/m0/s1. The summed E-state index contributed by atoms with van der Waals surface area (Å²) in [4.78, 5) is 13.2. The largest absolute Gasteiger partial charge is 0.346 e. The van der Waals surface area contributed by atoms with Crippen molar-refractivity contribution in [2.24, 2.45) is 0 Å². The molecular weight excluding hydrogens is 430 g/mol. The third-order valence-corrected chi connectivity index (χ3v) is 6.11. The minimum absolute atomic E-state index is 0.0348. The Morgan fingerprint density at radius 3 is 2.55 bits per heavy atom. The molecule has 0 spiro atoms. The Morgan fingerprint density at radius 2 is 1.81 bits per heavy atom. The number of carbonyl (C=O) groups is 1. The van der Waals surface area contributed by atoms with E-state index in [4.69, 9.17) is 11.6 Å². The van der Waals surface area contributed by atoms with Crippen LogP contribution in [0.1, 0.15) is 36.3 Å². The Labute approximate surface area is 190 Å². The summed E-state index contributed by atoms with van der Waals surface area (Å²) in [6.45, 7) is 0. The van der Waals surface area contributed by atoms with Crippen LogP contribution in [0.15, 0.2) is 73.2 Å². The van der Waals surface area contributed by atoms with Gasteiger partial charge in [-0.3, -0.25) is 9.20 Å². The van der Waals surface area contributed by atoms with Gasteiger partial charge in [-0.2, -0.15) is 11.8 Å². The number of benzene rings is 1. The summed E-state index contributed by atoms with van der Waals surface area (Å²) in [6, 6.07) is 17.0. The van der Waals surface area contributed by atoms with Gasteiger partial charge in [0, 0.05) is 23.6 Å². The van der Waals surface area contributed by atoms with Crippen LogP contribution in [-0.4, -0.2) is 37.1 Å². The smallest absolute Gasteiger partial charge is 0.223 e. The summed E-state index contributed by atoms with van der Waals surface area (Å²) in [5.74, 6) is 1.62. The highest BCUT2D eigenvalue weighted by atomic mass is 35.5. The molecule has 1 aromatic carbocycles. The Morgan fingerprint density at radius 1 is 1.06 bits per heavy atom. The van der Waals surface area contributed by atoms with Crippen LogP contribution in [0.4, 0.5) is 0 Å². The first-order valence-corrected chi connectivity index (χ1v) is 11.9. The van der Waals surface area contributed by atoms with Crippen molar-refractivity contribution in [1.82, 2.24) is 24.5 Å². The quantitative estimate of drug-likeness (QED) is 0.396. The molecule has 160 valence electrons. The molecule has 0 aliphatic carbocycles. The maximum absolute atomic E-state index is 13.2. The zero-order chi connectivity index (χ0) is 21.6. The minimum atomic E-state index is -0.215. The second-order valence-corrected chi connectivity index (χ2v) is 8.71. The van der Waals surface area contributed by atoms with Crippen molar-refractivity contribution < 1.29 is 4.79 Å². The molecule has 0 radical (unpaired) electrons. The van der Waals surface area contributed by atoms with Gasteiger partial charge in [0.15, 0.2) is 11.5 Å². The van der Waals surface area contributed by atoms with Crippen LogP contribution >= 0.6 is 23.4 Å². The molecule has 0 aliphatic heterocycles. The van der Waals surface area contributed by atoms with Crippen molar-refractivity contribution in [1.29, 1.82) is 0 Å². The number of rotatable bonds is 9. The number of amides is 1. The molecule has 4 aromatic rings. The van der Waals surface area contributed by atoms with E-state index < -0.39 is 0 Å². The molecular formula is C23H24ClN5OS. The lowest BCUT2D eigenvalue weighted by molar-refractivity contribution is -0.122. The molecule has 0 saturated heterocycles. The van der Waals surface area contributed by atoms with Crippen LogP contribution < -0.4 is 5.32 Å². The molecule has 1 N–H and O–H groups in total. The molecule has 3 heterocycles.